The first-order valence-corrected chi connectivity index (χ1v) is 9.62. The van der Waals surface area contributed by atoms with Crippen molar-refractivity contribution in [2.24, 2.45) is 11.1 Å². The zero-order valence-electron chi connectivity index (χ0n) is 17.0. The van der Waals surface area contributed by atoms with E-state index in [1.807, 2.05) is 48.5 Å². The molecule has 0 fully saturated rings. The van der Waals surface area contributed by atoms with Gasteiger partial charge in [0.25, 0.3) is 0 Å². The van der Waals surface area contributed by atoms with Crippen LogP contribution in [0.1, 0.15) is 37.8 Å². The molecule has 2 aromatic carbocycles. The van der Waals surface area contributed by atoms with Crippen molar-refractivity contribution in [1.29, 1.82) is 0 Å². The number of nitrogens with two attached hydrogens (primary N) is 1. The number of aliphatic carboxylic acids is 1. The minimum Gasteiger partial charge on any atom is -0.480 e. The second kappa shape index (κ2) is 7.97. The largest absolute Gasteiger partial charge is 0.480 e. The molecule has 6 heteroatoms. The molecule has 3 rings (SSSR count). The number of fused-ring (bicyclic) bond motifs is 3. The van der Waals surface area contributed by atoms with Crippen LogP contribution in [0.2, 0.25) is 0 Å². The van der Waals surface area contributed by atoms with Crippen molar-refractivity contribution >= 4 is 11.9 Å². The predicted molar refractivity (Wildman–Crippen MR) is 110 cm³/mol. The number of hydrogen-bond donors (Lipinski definition) is 2. The van der Waals surface area contributed by atoms with E-state index in [-0.39, 0.29) is 19.1 Å². The van der Waals surface area contributed by atoms with Crippen molar-refractivity contribution in [3.63, 3.8) is 0 Å². The summed E-state index contributed by atoms with van der Waals surface area (Å²) in [6.45, 7) is 4.64. The molecule has 0 bridgehead atoms. The van der Waals surface area contributed by atoms with Gasteiger partial charge in [-0.2, -0.15) is 0 Å². The fourth-order valence-corrected chi connectivity index (χ4v) is 3.51. The highest BCUT2D eigenvalue weighted by Gasteiger charge is 2.48. The summed E-state index contributed by atoms with van der Waals surface area (Å²) in [4.78, 5) is 24.8. The van der Waals surface area contributed by atoms with Gasteiger partial charge in [0.2, 0.25) is 0 Å². The number of hydrogen-bond acceptors (Lipinski definition) is 5. The molecule has 0 heterocycles. The van der Waals surface area contributed by atoms with Gasteiger partial charge in [0.1, 0.15) is 6.61 Å². The van der Waals surface area contributed by atoms with Gasteiger partial charge in [0, 0.05) is 12.5 Å². The van der Waals surface area contributed by atoms with Gasteiger partial charge >= 0.3 is 11.9 Å². The molecule has 29 heavy (non-hydrogen) atoms. The maximum absolute atomic E-state index is 12.9. The number of benzene rings is 2. The maximum atomic E-state index is 12.9. The van der Waals surface area contributed by atoms with Gasteiger partial charge in [0.05, 0.1) is 12.2 Å². The minimum atomic E-state index is -1.94. The summed E-state index contributed by atoms with van der Waals surface area (Å²) in [6, 6.07) is 15.9. The van der Waals surface area contributed by atoms with Crippen molar-refractivity contribution in [3.05, 3.63) is 59.7 Å². The number of rotatable bonds is 7. The number of carboxylic acid groups (broad SMARTS) is 1. The van der Waals surface area contributed by atoms with Crippen molar-refractivity contribution < 1.29 is 24.2 Å². The Morgan fingerprint density at radius 1 is 1.00 bits per heavy atom. The summed E-state index contributed by atoms with van der Waals surface area (Å²) in [5.74, 6) is -2.38. The summed E-state index contributed by atoms with van der Waals surface area (Å²) in [5.41, 5.74) is 7.48. The molecular formula is C23H27NO5. The molecule has 1 aliphatic carbocycles. The lowest BCUT2D eigenvalue weighted by Crippen LogP contribution is -2.51. The molecule has 6 nitrogen and oxygen atoms in total. The molecule has 0 aliphatic heterocycles. The van der Waals surface area contributed by atoms with Gasteiger partial charge in [-0.1, -0.05) is 48.5 Å². The first kappa shape index (κ1) is 21.0. The summed E-state index contributed by atoms with van der Waals surface area (Å²) in [7, 11) is 0. The SMILES string of the molecule is CC(C)(C)OC[C@@](CN)(C(=O)O)C(=O)OCC1c2ccccc2-c2ccccc21. The van der Waals surface area contributed by atoms with Crippen LogP contribution in [-0.2, 0) is 19.1 Å². The first-order valence-electron chi connectivity index (χ1n) is 9.62. The van der Waals surface area contributed by atoms with Crippen molar-refractivity contribution in [1.82, 2.24) is 0 Å². The average Bonchev–Trinajstić information content (AvgIpc) is 3.00. The average molecular weight is 397 g/mol. The zero-order chi connectivity index (χ0) is 21.2. The Morgan fingerprint density at radius 3 is 1.97 bits per heavy atom. The molecule has 154 valence electrons. The molecule has 3 N–H and O–H groups in total. The van der Waals surface area contributed by atoms with E-state index in [0.717, 1.165) is 22.3 Å². The molecular weight excluding hydrogens is 370 g/mol. The molecule has 0 unspecified atom stereocenters. The van der Waals surface area contributed by atoms with Crippen molar-refractivity contribution in [2.45, 2.75) is 32.3 Å². The molecule has 1 aliphatic rings. The van der Waals surface area contributed by atoms with Gasteiger partial charge in [0.15, 0.2) is 5.41 Å². The van der Waals surface area contributed by atoms with E-state index in [4.69, 9.17) is 15.2 Å². The minimum absolute atomic E-state index is 0.0391. The lowest BCUT2D eigenvalue weighted by molar-refractivity contribution is -0.176. The Bertz CT molecular complexity index is 872. The molecule has 2 aromatic rings. The second-order valence-corrected chi connectivity index (χ2v) is 8.32. The van der Waals surface area contributed by atoms with Gasteiger partial charge in [-0.3, -0.25) is 9.59 Å². The van der Waals surface area contributed by atoms with E-state index >= 15 is 0 Å². The monoisotopic (exact) mass is 397 g/mol. The highest BCUT2D eigenvalue weighted by Crippen LogP contribution is 2.44. The summed E-state index contributed by atoms with van der Waals surface area (Å²) in [5, 5.41) is 9.74. The van der Waals surface area contributed by atoms with Crippen LogP contribution in [0.15, 0.2) is 48.5 Å². The van der Waals surface area contributed by atoms with Crippen LogP contribution in [0.3, 0.4) is 0 Å². The number of carbonyl (C=O) groups is 2. The summed E-state index contributed by atoms with van der Waals surface area (Å²) in [6.07, 6.45) is 0. The van der Waals surface area contributed by atoms with E-state index in [2.05, 4.69) is 0 Å². The Morgan fingerprint density at radius 2 is 1.52 bits per heavy atom. The standard InChI is InChI=1S/C23H27NO5/c1-22(2,3)29-14-23(13-24,20(25)26)21(27)28-12-19-17-10-6-4-8-15(17)16-9-5-7-11-18(16)19/h4-11,19H,12-14,24H2,1-3H3,(H,25,26)/t23-/m0/s1. The van der Waals surface area contributed by atoms with Crippen LogP contribution in [-0.4, -0.2) is 42.4 Å². The third kappa shape index (κ3) is 4.04. The molecule has 0 amide bonds. The van der Waals surface area contributed by atoms with E-state index in [0.29, 0.717) is 0 Å². The highest BCUT2D eigenvalue weighted by atomic mass is 16.5. The van der Waals surface area contributed by atoms with Crippen LogP contribution in [0.5, 0.6) is 0 Å². The first-order chi connectivity index (χ1) is 13.7. The van der Waals surface area contributed by atoms with Gasteiger partial charge in [-0.15, -0.1) is 0 Å². The lowest BCUT2D eigenvalue weighted by atomic mass is 9.89. The third-order valence-electron chi connectivity index (χ3n) is 5.24. The molecule has 0 radical (unpaired) electrons. The van der Waals surface area contributed by atoms with Crippen LogP contribution in [0.25, 0.3) is 11.1 Å². The quantitative estimate of drug-likeness (QED) is 0.550. The molecule has 0 saturated heterocycles. The Labute approximate surface area is 170 Å². The van der Waals surface area contributed by atoms with E-state index in [9.17, 15) is 14.7 Å². The van der Waals surface area contributed by atoms with Gasteiger partial charge < -0.3 is 20.3 Å². The Hall–Kier alpha value is -2.70. The third-order valence-corrected chi connectivity index (χ3v) is 5.24. The molecule has 0 spiro atoms. The van der Waals surface area contributed by atoms with Crippen molar-refractivity contribution in [2.75, 3.05) is 19.8 Å². The van der Waals surface area contributed by atoms with E-state index in [1.165, 1.54) is 0 Å². The fourth-order valence-electron chi connectivity index (χ4n) is 3.51. The van der Waals surface area contributed by atoms with Gasteiger partial charge in [-0.25, -0.2) is 0 Å². The number of carbonyl (C=O) groups excluding carboxylic acids is 1. The summed E-state index contributed by atoms with van der Waals surface area (Å²) >= 11 is 0. The normalized spacial score (nSPS) is 15.3. The summed E-state index contributed by atoms with van der Waals surface area (Å²) < 4.78 is 11.1. The highest BCUT2D eigenvalue weighted by molar-refractivity contribution is 5.99. The maximum Gasteiger partial charge on any atom is 0.327 e. The van der Waals surface area contributed by atoms with Crippen LogP contribution < -0.4 is 5.73 Å². The van der Waals surface area contributed by atoms with E-state index in [1.54, 1.807) is 20.8 Å². The Balaban J connectivity index is 1.82. The van der Waals surface area contributed by atoms with Crippen LogP contribution in [0, 0.1) is 5.41 Å². The predicted octanol–water partition coefficient (Wildman–Crippen LogP) is 3.19. The number of carboxylic acids is 1. The topological polar surface area (TPSA) is 98.9 Å². The zero-order valence-corrected chi connectivity index (χ0v) is 17.0. The number of esters is 1. The lowest BCUT2D eigenvalue weighted by Gasteiger charge is -2.30. The fraction of sp³-hybridized carbons (Fsp3) is 0.391. The van der Waals surface area contributed by atoms with Gasteiger partial charge in [-0.05, 0) is 43.0 Å². The Kier molecular flexibility index (Phi) is 5.78. The second-order valence-electron chi connectivity index (χ2n) is 8.32. The van der Waals surface area contributed by atoms with E-state index < -0.39 is 29.5 Å². The smallest absolute Gasteiger partial charge is 0.327 e. The molecule has 0 aromatic heterocycles. The van der Waals surface area contributed by atoms with Crippen molar-refractivity contribution in [3.8, 4) is 11.1 Å². The van der Waals surface area contributed by atoms with Crippen LogP contribution >= 0.6 is 0 Å². The van der Waals surface area contributed by atoms with Crippen LogP contribution in [0.4, 0.5) is 0 Å². The molecule has 1 atom stereocenters. The number of ether oxygens (including phenoxy) is 2. The molecule has 0 saturated carbocycles.